The third kappa shape index (κ3) is 2.75. The van der Waals surface area contributed by atoms with Crippen LogP contribution in [0, 0.1) is 0 Å². The maximum absolute atomic E-state index is 12.2. The fourth-order valence-corrected chi connectivity index (χ4v) is 2.42. The molecule has 4 nitrogen and oxygen atoms in total. The number of phenolic OH excluding ortho intramolecular Hbond substituents is 1. The minimum Gasteiger partial charge on any atom is -0.507 e. The average Bonchev–Trinajstić information content (AvgIpc) is 2.39. The third-order valence-electron chi connectivity index (χ3n) is 3.39. The number of nitrogens with one attached hydrogen (secondary N) is 1. The van der Waals surface area contributed by atoms with E-state index in [1.165, 1.54) is 19.6 Å². The monoisotopic (exact) mass is 249 g/mol. The molecule has 18 heavy (non-hydrogen) atoms. The number of benzene rings is 1. The standard InChI is InChI=1S/C14H19NO3/c1-18-12-9-5-8-11(16)13(12)14(17)15-10-6-3-2-4-7-10/h5,8-10,16H,2-4,6-7H2,1H3,(H,15,17). The number of hydrogen-bond donors (Lipinski definition) is 2. The van der Waals surface area contributed by atoms with Gasteiger partial charge in [0, 0.05) is 6.04 Å². The van der Waals surface area contributed by atoms with Crippen LogP contribution in [-0.4, -0.2) is 24.2 Å². The van der Waals surface area contributed by atoms with E-state index in [0.29, 0.717) is 5.75 Å². The molecule has 1 aliphatic carbocycles. The van der Waals surface area contributed by atoms with Gasteiger partial charge in [-0.25, -0.2) is 0 Å². The van der Waals surface area contributed by atoms with E-state index in [0.717, 1.165) is 25.7 Å². The summed E-state index contributed by atoms with van der Waals surface area (Å²) in [5.74, 6) is 0.114. The summed E-state index contributed by atoms with van der Waals surface area (Å²) in [6.45, 7) is 0. The smallest absolute Gasteiger partial charge is 0.259 e. The number of phenols is 1. The van der Waals surface area contributed by atoms with Crippen LogP contribution in [0.15, 0.2) is 18.2 Å². The molecule has 0 radical (unpaired) electrons. The molecular formula is C14H19NO3. The Balaban J connectivity index is 2.12. The van der Waals surface area contributed by atoms with E-state index in [1.54, 1.807) is 12.1 Å². The molecular weight excluding hydrogens is 230 g/mol. The third-order valence-corrected chi connectivity index (χ3v) is 3.39. The highest BCUT2D eigenvalue weighted by molar-refractivity contribution is 5.99. The summed E-state index contributed by atoms with van der Waals surface area (Å²) in [4.78, 5) is 12.2. The maximum atomic E-state index is 12.2. The number of ether oxygens (including phenoxy) is 1. The predicted octanol–water partition coefficient (Wildman–Crippen LogP) is 2.46. The van der Waals surface area contributed by atoms with Gasteiger partial charge in [0.15, 0.2) is 0 Å². The molecule has 1 aliphatic rings. The summed E-state index contributed by atoms with van der Waals surface area (Å²) in [5.41, 5.74) is 0.227. The quantitative estimate of drug-likeness (QED) is 0.865. The average molecular weight is 249 g/mol. The van der Waals surface area contributed by atoms with Gasteiger partial charge in [-0.15, -0.1) is 0 Å². The Morgan fingerprint density at radius 3 is 2.72 bits per heavy atom. The van der Waals surface area contributed by atoms with Crippen molar-refractivity contribution in [2.24, 2.45) is 0 Å². The summed E-state index contributed by atoms with van der Waals surface area (Å²) >= 11 is 0. The van der Waals surface area contributed by atoms with Crippen LogP contribution in [0.2, 0.25) is 0 Å². The minimum atomic E-state index is -0.253. The van der Waals surface area contributed by atoms with Crippen LogP contribution >= 0.6 is 0 Å². The Bertz CT molecular complexity index is 425. The van der Waals surface area contributed by atoms with Gasteiger partial charge in [0.1, 0.15) is 17.1 Å². The zero-order valence-corrected chi connectivity index (χ0v) is 10.6. The number of aromatic hydroxyl groups is 1. The molecule has 1 aromatic rings. The molecule has 0 unspecified atom stereocenters. The van der Waals surface area contributed by atoms with Crippen molar-refractivity contribution in [1.82, 2.24) is 5.32 Å². The van der Waals surface area contributed by atoms with Crippen LogP contribution in [0.3, 0.4) is 0 Å². The zero-order valence-electron chi connectivity index (χ0n) is 10.6. The van der Waals surface area contributed by atoms with Gasteiger partial charge in [0.2, 0.25) is 0 Å². The highest BCUT2D eigenvalue weighted by Crippen LogP contribution is 2.27. The van der Waals surface area contributed by atoms with Gasteiger partial charge in [-0.3, -0.25) is 4.79 Å². The van der Waals surface area contributed by atoms with Crippen LogP contribution in [0.25, 0.3) is 0 Å². The molecule has 2 rings (SSSR count). The van der Waals surface area contributed by atoms with Crippen LogP contribution in [0.1, 0.15) is 42.5 Å². The van der Waals surface area contributed by atoms with Crippen LogP contribution < -0.4 is 10.1 Å². The summed E-state index contributed by atoms with van der Waals surface area (Å²) in [5, 5.41) is 12.8. The first-order valence-electron chi connectivity index (χ1n) is 6.39. The maximum Gasteiger partial charge on any atom is 0.259 e. The van der Waals surface area contributed by atoms with Gasteiger partial charge < -0.3 is 15.2 Å². The normalized spacial score (nSPS) is 16.3. The van der Waals surface area contributed by atoms with Crippen molar-refractivity contribution in [3.8, 4) is 11.5 Å². The molecule has 2 N–H and O–H groups in total. The van der Waals surface area contributed by atoms with E-state index in [-0.39, 0.29) is 23.3 Å². The number of rotatable bonds is 3. The van der Waals surface area contributed by atoms with Crippen molar-refractivity contribution in [3.63, 3.8) is 0 Å². The number of hydrogen-bond acceptors (Lipinski definition) is 3. The second-order valence-corrected chi connectivity index (χ2v) is 4.66. The minimum absolute atomic E-state index is 0.0392. The summed E-state index contributed by atoms with van der Waals surface area (Å²) in [6.07, 6.45) is 5.58. The Labute approximate surface area is 107 Å². The molecule has 0 heterocycles. The largest absolute Gasteiger partial charge is 0.507 e. The molecule has 98 valence electrons. The molecule has 0 bridgehead atoms. The number of methoxy groups -OCH3 is 1. The molecule has 0 aliphatic heterocycles. The van der Waals surface area contributed by atoms with E-state index in [4.69, 9.17) is 4.74 Å². The lowest BCUT2D eigenvalue weighted by Gasteiger charge is -2.23. The fraction of sp³-hybridized carbons (Fsp3) is 0.500. The molecule has 4 heteroatoms. The number of carbonyl (C=O) groups is 1. The Morgan fingerprint density at radius 2 is 2.06 bits per heavy atom. The van der Waals surface area contributed by atoms with E-state index in [2.05, 4.69) is 5.32 Å². The molecule has 0 saturated heterocycles. The molecule has 1 amide bonds. The van der Waals surface area contributed by atoms with Crippen LogP contribution in [-0.2, 0) is 0 Å². The fourth-order valence-electron chi connectivity index (χ4n) is 2.42. The zero-order chi connectivity index (χ0) is 13.0. The van der Waals surface area contributed by atoms with Gasteiger partial charge in [0.05, 0.1) is 7.11 Å². The van der Waals surface area contributed by atoms with E-state index < -0.39 is 0 Å². The molecule has 0 atom stereocenters. The number of amides is 1. The second kappa shape index (κ2) is 5.76. The summed E-state index contributed by atoms with van der Waals surface area (Å²) in [7, 11) is 1.49. The van der Waals surface area contributed by atoms with Gasteiger partial charge in [-0.05, 0) is 25.0 Å². The molecule has 1 aromatic carbocycles. The SMILES string of the molecule is COc1cccc(O)c1C(=O)NC1CCCCC1. The lowest BCUT2D eigenvalue weighted by atomic mass is 9.95. The second-order valence-electron chi connectivity index (χ2n) is 4.66. The van der Waals surface area contributed by atoms with Crippen molar-refractivity contribution in [1.29, 1.82) is 0 Å². The molecule has 1 saturated carbocycles. The molecule has 0 spiro atoms. The topological polar surface area (TPSA) is 58.6 Å². The van der Waals surface area contributed by atoms with Crippen molar-refractivity contribution in [2.45, 2.75) is 38.1 Å². The highest BCUT2D eigenvalue weighted by atomic mass is 16.5. The van der Waals surface area contributed by atoms with Gasteiger partial charge in [-0.2, -0.15) is 0 Å². The highest BCUT2D eigenvalue weighted by Gasteiger charge is 2.21. The van der Waals surface area contributed by atoms with Crippen molar-refractivity contribution in [3.05, 3.63) is 23.8 Å². The summed E-state index contributed by atoms with van der Waals surface area (Å²) in [6, 6.07) is 5.05. The van der Waals surface area contributed by atoms with E-state index in [9.17, 15) is 9.90 Å². The van der Waals surface area contributed by atoms with E-state index in [1.807, 2.05) is 0 Å². The Morgan fingerprint density at radius 1 is 1.33 bits per heavy atom. The van der Waals surface area contributed by atoms with Gasteiger partial charge in [-0.1, -0.05) is 25.3 Å². The van der Waals surface area contributed by atoms with Crippen molar-refractivity contribution < 1.29 is 14.6 Å². The lowest BCUT2D eigenvalue weighted by molar-refractivity contribution is 0.0922. The van der Waals surface area contributed by atoms with Crippen LogP contribution in [0.5, 0.6) is 11.5 Å². The van der Waals surface area contributed by atoms with Crippen LogP contribution in [0.4, 0.5) is 0 Å². The first-order valence-corrected chi connectivity index (χ1v) is 6.39. The first kappa shape index (κ1) is 12.7. The molecule has 1 fully saturated rings. The Kier molecular flexibility index (Phi) is 4.07. The first-order chi connectivity index (χ1) is 8.72. The molecule has 0 aromatic heterocycles. The van der Waals surface area contributed by atoms with E-state index >= 15 is 0 Å². The van der Waals surface area contributed by atoms with Gasteiger partial charge >= 0.3 is 0 Å². The van der Waals surface area contributed by atoms with Gasteiger partial charge in [0.25, 0.3) is 5.91 Å². The summed E-state index contributed by atoms with van der Waals surface area (Å²) < 4.78 is 5.12. The Hall–Kier alpha value is -1.71. The van der Waals surface area contributed by atoms with Crippen molar-refractivity contribution >= 4 is 5.91 Å². The van der Waals surface area contributed by atoms with Crippen molar-refractivity contribution in [2.75, 3.05) is 7.11 Å². The number of carbonyl (C=O) groups excluding carboxylic acids is 1. The predicted molar refractivity (Wildman–Crippen MR) is 69.0 cm³/mol. The lowest BCUT2D eigenvalue weighted by Crippen LogP contribution is -2.36.